The van der Waals surface area contributed by atoms with Gasteiger partial charge in [0.15, 0.2) is 0 Å². The number of piperidine rings is 1. The molecule has 120 valence electrons. The van der Waals surface area contributed by atoms with Crippen LogP contribution in [0, 0.1) is 16.0 Å². The standard InChI is InChI=1S/C13H18N4O5/c1-8(2)22-12-10(17(20)21)11(14-7-15-12)16-5-3-9(4-6-16)13(18)19/h7-9H,3-6H2,1-2H3,(H,18,19). The molecule has 0 aromatic carbocycles. The van der Waals surface area contributed by atoms with Gasteiger partial charge in [-0.1, -0.05) is 0 Å². The Morgan fingerprint density at radius 3 is 2.59 bits per heavy atom. The summed E-state index contributed by atoms with van der Waals surface area (Å²) in [7, 11) is 0. The minimum Gasteiger partial charge on any atom is -0.481 e. The van der Waals surface area contributed by atoms with E-state index in [1.165, 1.54) is 6.33 Å². The molecular formula is C13H18N4O5. The van der Waals surface area contributed by atoms with Crippen molar-refractivity contribution in [3.8, 4) is 5.88 Å². The molecule has 0 unspecified atom stereocenters. The van der Waals surface area contributed by atoms with Crippen molar-refractivity contribution in [2.24, 2.45) is 5.92 Å². The largest absolute Gasteiger partial charge is 0.481 e. The second-order valence-corrected chi connectivity index (χ2v) is 5.37. The van der Waals surface area contributed by atoms with Crippen LogP contribution in [0.25, 0.3) is 0 Å². The van der Waals surface area contributed by atoms with Crippen LogP contribution in [-0.4, -0.2) is 45.2 Å². The summed E-state index contributed by atoms with van der Waals surface area (Å²) in [6.07, 6.45) is 1.83. The number of aliphatic carboxylic acids is 1. The predicted octanol–water partition coefficient (Wildman–Crippen LogP) is 1.47. The number of hydrogen-bond acceptors (Lipinski definition) is 7. The van der Waals surface area contributed by atoms with Gasteiger partial charge in [-0.05, 0) is 26.7 Å². The van der Waals surface area contributed by atoms with Gasteiger partial charge in [-0.15, -0.1) is 0 Å². The van der Waals surface area contributed by atoms with Crippen molar-refractivity contribution in [3.63, 3.8) is 0 Å². The minimum atomic E-state index is -0.833. The molecule has 0 spiro atoms. The van der Waals surface area contributed by atoms with Crippen LogP contribution < -0.4 is 9.64 Å². The average Bonchev–Trinajstić information content (AvgIpc) is 2.46. The van der Waals surface area contributed by atoms with E-state index in [0.717, 1.165) is 0 Å². The van der Waals surface area contributed by atoms with Crippen molar-refractivity contribution in [2.45, 2.75) is 32.8 Å². The number of nitrogens with zero attached hydrogens (tertiary/aromatic N) is 4. The molecule has 0 radical (unpaired) electrons. The second kappa shape index (κ2) is 6.54. The minimum absolute atomic E-state index is 0.0645. The smallest absolute Gasteiger partial charge is 0.372 e. The van der Waals surface area contributed by atoms with Crippen LogP contribution in [0.3, 0.4) is 0 Å². The van der Waals surface area contributed by atoms with E-state index in [4.69, 9.17) is 9.84 Å². The van der Waals surface area contributed by atoms with E-state index in [1.807, 2.05) is 0 Å². The van der Waals surface area contributed by atoms with Crippen LogP contribution in [0.1, 0.15) is 26.7 Å². The van der Waals surface area contributed by atoms with Crippen LogP contribution in [0.5, 0.6) is 5.88 Å². The number of hydrogen-bond donors (Lipinski definition) is 1. The first-order chi connectivity index (χ1) is 10.4. The maximum Gasteiger partial charge on any atom is 0.372 e. The average molecular weight is 310 g/mol. The van der Waals surface area contributed by atoms with E-state index in [-0.39, 0.29) is 23.5 Å². The van der Waals surface area contributed by atoms with Gasteiger partial charge in [0.05, 0.1) is 16.9 Å². The molecule has 0 aliphatic carbocycles. The number of aromatic nitrogens is 2. The molecule has 1 aromatic rings. The number of rotatable bonds is 5. The fourth-order valence-electron chi connectivity index (χ4n) is 2.39. The number of carboxylic acids is 1. The molecule has 2 rings (SSSR count). The van der Waals surface area contributed by atoms with Gasteiger partial charge < -0.3 is 14.7 Å². The van der Waals surface area contributed by atoms with Crippen LogP contribution in [0.15, 0.2) is 6.33 Å². The van der Waals surface area contributed by atoms with Crippen LogP contribution in [-0.2, 0) is 4.79 Å². The molecule has 1 aromatic heterocycles. The fraction of sp³-hybridized carbons (Fsp3) is 0.615. The second-order valence-electron chi connectivity index (χ2n) is 5.37. The molecule has 1 saturated heterocycles. The highest BCUT2D eigenvalue weighted by Crippen LogP contribution is 2.35. The van der Waals surface area contributed by atoms with Crippen LogP contribution >= 0.6 is 0 Å². The molecule has 1 aliphatic heterocycles. The normalized spacial score (nSPS) is 15.9. The molecule has 2 heterocycles. The summed E-state index contributed by atoms with van der Waals surface area (Å²) in [5.74, 6) is -1.13. The lowest BCUT2D eigenvalue weighted by Crippen LogP contribution is -2.37. The van der Waals surface area contributed by atoms with Crippen molar-refractivity contribution in [1.82, 2.24) is 9.97 Å². The Hall–Kier alpha value is -2.45. The van der Waals surface area contributed by atoms with Gasteiger partial charge >= 0.3 is 11.7 Å². The zero-order valence-corrected chi connectivity index (χ0v) is 12.4. The molecule has 1 fully saturated rings. The summed E-state index contributed by atoms with van der Waals surface area (Å²) in [5, 5.41) is 20.4. The Bertz CT molecular complexity index is 570. The molecule has 0 amide bonds. The third kappa shape index (κ3) is 3.41. The van der Waals surface area contributed by atoms with Gasteiger partial charge in [0, 0.05) is 13.1 Å². The summed E-state index contributed by atoms with van der Waals surface area (Å²) < 4.78 is 5.38. The van der Waals surface area contributed by atoms with Gasteiger partial charge in [0.25, 0.3) is 5.88 Å². The van der Waals surface area contributed by atoms with Gasteiger partial charge in [0.2, 0.25) is 5.82 Å². The summed E-state index contributed by atoms with van der Waals surface area (Å²) in [6.45, 7) is 4.31. The zero-order chi connectivity index (χ0) is 16.3. The van der Waals surface area contributed by atoms with Crippen LogP contribution in [0.4, 0.5) is 11.5 Å². The molecule has 1 aliphatic rings. The zero-order valence-electron chi connectivity index (χ0n) is 12.4. The molecule has 0 bridgehead atoms. The highest BCUT2D eigenvalue weighted by Gasteiger charge is 2.32. The number of nitro groups is 1. The topological polar surface area (TPSA) is 119 Å². The van der Waals surface area contributed by atoms with E-state index in [9.17, 15) is 14.9 Å². The first-order valence-electron chi connectivity index (χ1n) is 7.04. The van der Waals surface area contributed by atoms with Gasteiger partial charge in [-0.3, -0.25) is 14.9 Å². The molecule has 22 heavy (non-hydrogen) atoms. The highest BCUT2D eigenvalue weighted by atomic mass is 16.6. The summed E-state index contributed by atoms with van der Waals surface area (Å²) in [5.41, 5.74) is -0.273. The van der Waals surface area contributed by atoms with E-state index in [0.29, 0.717) is 25.9 Å². The van der Waals surface area contributed by atoms with E-state index < -0.39 is 16.8 Å². The lowest BCUT2D eigenvalue weighted by atomic mass is 9.97. The lowest BCUT2D eigenvalue weighted by Gasteiger charge is -2.30. The van der Waals surface area contributed by atoms with E-state index >= 15 is 0 Å². The Kier molecular flexibility index (Phi) is 4.74. The van der Waals surface area contributed by atoms with Crippen molar-refractivity contribution < 1.29 is 19.6 Å². The molecule has 1 N–H and O–H groups in total. The van der Waals surface area contributed by atoms with Crippen molar-refractivity contribution in [2.75, 3.05) is 18.0 Å². The maximum atomic E-state index is 11.4. The van der Waals surface area contributed by atoms with Crippen molar-refractivity contribution >= 4 is 17.5 Å². The molecule has 0 saturated carbocycles. The number of carboxylic acid groups (broad SMARTS) is 1. The van der Waals surface area contributed by atoms with E-state index in [2.05, 4.69) is 9.97 Å². The Morgan fingerprint density at radius 1 is 1.45 bits per heavy atom. The Labute approximate surface area is 127 Å². The molecule has 9 heteroatoms. The van der Waals surface area contributed by atoms with Gasteiger partial charge in [-0.2, -0.15) is 4.98 Å². The van der Waals surface area contributed by atoms with Crippen LogP contribution in [0.2, 0.25) is 0 Å². The first kappa shape index (κ1) is 15.9. The SMILES string of the molecule is CC(C)Oc1ncnc(N2CCC(C(=O)O)CC2)c1[N+](=O)[O-]. The molecular weight excluding hydrogens is 292 g/mol. The Balaban J connectivity index is 2.27. The van der Waals surface area contributed by atoms with E-state index in [1.54, 1.807) is 18.7 Å². The Morgan fingerprint density at radius 2 is 2.09 bits per heavy atom. The van der Waals surface area contributed by atoms with Gasteiger partial charge in [-0.25, -0.2) is 4.98 Å². The first-order valence-corrected chi connectivity index (χ1v) is 7.04. The predicted molar refractivity (Wildman–Crippen MR) is 77.0 cm³/mol. The number of anilines is 1. The quantitative estimate of drug-likeness (QED) is 0.641. The number of ether oxygens (including phenoxy) is 1. The van der Waals surface area contributed by atoms with Crippen molar-refractivity contribution in [3.05, 3.63) is 16.4 Å². The molecule has 9 nitrogen and oxygen atoms in total. The molecule has 0 atom stereocenters. The fourth-order valence-corrected chi connectivity index (χ4v) is 2.39. The third-order valence-electron chi connectivity index (χ3n) is 3.44. The highest BCUT2D eigenvalue weighted by molar-refractivity contribution is 5.71. The maximum absolute atomic E-state index is 11.4. The van der Waals surface area contributed by atoms with Crippen molar-refractivity contribution in [1.29, 1.82) is 0 Å². The third-order valence-corrected chi connectivity index (χ3v) is 3.44. The summed E-state index contributed by atoms with van der Waals surface area (Å²) in [6, 6.07) is 0. The summed E-state index contributed by atoms with van der Waals surface area (Å²) >= 11 is 0. The summed E-state index contributed by atoms with van der Waals surface area (Å²) in [4.78, 5) is 31.3. The van der Waals surface area contributed by atoms with Gasteiger partial charge in [0.1, 0.15) is 6.33 Å². The lowest BCUT2D eigenvalue weighted by molar-refractivity contribution is -0.385. The monoisotopic (exact) mass is 310 g/mol. The number of carbonyl (C=O) groups is 1.